The molecule has 3 nitrogen and oxygen atoms in total. The maximum absolute atomic E-state index is 5.94. The van der Waals surface area contributed by atoms with Crippen LogP contribution in [0.3, 0.4) is 0 Å². The van der Waals surface area contributed by atoms with E-state index in [2.05, 4.69) is 18.8 Å². The van der Waals surface area contributed by atoms with Gasteiger partial charge >= 0.3 is 0 Å². The van der Waals surface area contributed by atoms with Gasteiger partial charge in [-0.1, -0.05) is 13.8 Å². The average molecular weight is 170 g/mol. The normalized spacial score (nSPS) is 30.9. The summed E-state index contributed by atoms with van der Waals surface area (Å²) in [6, 6.07) is 0. The lowest BCUT2D eigenvalue weighted by Crippen LogP contribution is -2.41. The maximum Gasteiger partial charge on any atom is 0.185 e. The van der Waals surface area contributed by atoms with Crippen LogP contribution >= 0.6 is 0 Å². The van der Waals surface area contributed by atoms with Crippen LogP contribution in [0.4, 0.5) is 0 Å². The van der Waals surface area contributed by atoms with Crippen molar-refractivity contribution in [1.29, 1.82) is 0 Å². The summed E-state index contributed by atoms with van der Waals surface area (Å²) in [7, 11) is 0. The van der Waals surface area contributed by atoms with Gasteiger partial charge in [-0.2, -0.15) is 0 Å². The molecule has 0 bridgehead atoms. The van der Waals surface area contributed by atoms with E-state index in [0.717, 1.165) is 18.9 Å². The van der Waals surface area contributed by atoms with Crippen molar-refractivity contribution in [2.45, 2.75) is 32.7 Å². The van der Waals surface area contributed by atoms with Crippen molar-refractivity contribution in [3.63, 3.8) is 0 Å². The summed E-state index contributed by atoms with van der Waals surface area (Å²) >= 11 is 0. The quantitative estimate of drug-likeness (QED) is 0.642. The van der Waals surface area contributed by atoms with Crippen molar-refractivity contribution in [3.8, 4) is 0 Å². The molecule has 12 heavy (non-hydrogen) atoms. The zero-order valence-corrected chi connectivity index (χ0v) is 8.13. The fraction of sp³-hybridized carbons (Fsp3) is 0.889. The zero-order chi connectivity index (χ0) is 9.19. The summed E-state index contributed by atoms with van der Waals surface area (Å²) in [6.07, 6.45) is 0.906. The Balaban J connectivity index is 2.56. The molecule has 0 aromatic carbocycles. The molecular weight excluding hydrogens is 152 g/mol. The van der Waals surface area contributed by atoms with Gasteiger partial charge in [0.25, 0.3) is 0 Å². The molecule has 0 saturated carbocycles. The van der Waals surface area contributed by atoms with Crippen LogP contribution in [0.1, 0.15) is 27.2 Å². The van der Waals surface area contributed by atoms with Gasteiger partial charge < -0.3 is 10.5 Å². The fourth-order valence-electron chi connectivity index (χ4n) is 1.13. The molecule has 0 aliphatic carbocycles. The summed E-state index contributed by atoms with van der Waals surface area (Å²) < 4.78 is 5.50. The molecule has 1 unspecified atom stereocenters. The standard InChI is InChI=1S/C9H18N2O/c1-7(2)8-11-5-4-9(3,10)6-12-8/h7H,4-6,10H2,1-3H3. The number of nitrogens with two attached hydrogens (primary N) is 1. The number of rotatable bonds is 1. The highest BCUT2D eigenvalue weighted by Gasteiger charge is 2.23. The number of hydrogen-bond donors (Lipinski definition) is 1. The van der Waals surface area contributed by atoms with Crippen LogP contribution in [0.15, 0.2) is 4.99 Å². The summed E-state index contributed by atoms with van der Waals surface area (Å²) in [4.78, 5) is 4.33. The van der Waals surface area contributed by atoms with E-state index in [1.165, 1.54) is 0 Å². The third-order valence-corrected chi connectivity index (χ3v) is 1.99. The Bertz CT molecular complexity index is 185. The number of aliphatic imine (C=N–C) groups is 1. The minimum atomic E-state index is -0.208. The van der Waals surface area contributed by atoms with Gasteiger partial charge in [0.2, 0.25) is 0 Å². The Morgan fingerprint density at radius 3 is 2.83 bits per heavy atom. The van der Waals surface area contributed by atoms with Gasteiger partial charge in [0, 0.05) is 18.0 Å². The first kappa shape index (κ1) is 9.52. The van der Waals surface area contributed by atoms with Crippen molar-refractivity contribution in [2.75, 3.05) is 13.2 Å². The summed E-state index contributed by atoms with van der Waals surface area (Å²) in [5.74, 6) is 1.23. The second-order valence-corrected chi connectivity index (χ2v) is 4.07. The minimum absolute atomic E-state index is 0.208. The van der Waals surface area contributed by atoms with Crippen LogP contribution in [0, 0.1) is 5.92 Å². The van der Waals surface area contributed by atoms with Gasteiger partial charge in [0.05, 0.1) is 0 Å². The molecule has 70 valence electrons. The number of nitrogens with zero attached hydrogens (tertiary/aromatic N) is 1. The Kier molecular flexibility index (Phi) is 2.73. The number of hydrogen-bond acceptors (Lipinski definition) is 3. The predicted molar refractivity (Wildman–Crippen MR) is 50.3 cm³/mol. The third kappa shape index (κ3) is 2.48. The molecule has 1 heterocycles. The van der Waals surface area contributed by atoms with Crippen LogP contribution in [0.25, 0.3) is 0 Å². The lowest BCUT2D eigenvalue weighted by atomic mass is 10.0. The minimum Gasteiger partial charge on any atom is -0.479 e. The van der Waals surface area contributed by atoms with Gasteiger partial charge in [-0.05, 0) is 13.3 Å². The van der Waals surface area contributed by atoms with Crippen LogP contribution in [0.5, 0.6) is 0 Å². The SMILES string of the molecule is CC(C)C1=NCCC(C)(N)CO1. The molecule has 1 aliphatic heterocycles. The van der Waals surface area contributed by atoms with Gasteiger partial charge in [-0.3, -0.25) is 4.99 Å². The monoisotopic (exact) mass is 170 g/mol. The Morgan fingerprint density at radius 2 is 2.25 bits per heavy atom. The smallest absolute Gasteiger partial charge is 0.185 e. The van der Waals surface area contributed by atoms with Crippen LogP contribution in [-0.2, 0) is 4.74 Å². The zero-order valence-electron chi connectivity index (χ0n) is 8.13. The molecular formula is C9H18N2O. The van der Waals surface area contributed by atoms with Crippen LogP contribution in [-0.4, -0.2) is 24.6 Å². The average Bonchev–Trinajstić information content (AvgIpc) is 2.10. The fourth-order valence-corrected chi connectivity index (χ4v) is 1.13. The van der Waals surface area contributed by atoms with Crippen molar-refractivity contribution in [3.05, 3.63) is 0 Å². The first-order chi connectivity index (χ1) is 5.51. The van der Waals surface area contributed by atoms with E-state index in [1.807, 2.05) is 6.92 Å². The van der Waals surface area contributed by atoms with Crippen molar-refractivity contribution in [2.24, 2.45) is 16.6 Å². The maximum atomic E-state index is 5.94. The highest BCUT2D eigenvalue weighted by molar-refractivity contribution is 5.78. The van der Waals surface area contributed by atoms with E-state index in [0.29, 0.717) is 12.5 Å². The topological polar surface area (TPSA) is 47.6 Å². The molecule has 0 fully saturated rings. The molecule has 0 radical (unpaired) electrons. The van der Waals surface area contributed by atoms with E-state index in [9.17, 15) is 0 Å². The lowest BCUT2D eigenvalue weighted by molar-refractivity contribution is 0.213. The van der Waals surface area contributed by atoms with Crippen LogP contribution < -0.4 is 5.73 Å². The first-order valence-electron chi connectivity index (χ1n) is 4.47. The van der Waals surface area contributed by atoms with Crippen LogP contribution in [0.2, 0.25) is 0 Å². The highest BCUT2D eigenvalue weighted by atomic mass is 16.5. The lowest BCUT2D eigenvalue weighted by Gasteiger charge is -2.21. The largest absolute Gasteiger partial charge is 0.479 e. The van der Waals surface area contributed by atoms with E-state index in [1.54, 1.807) is 0 Å². The molecule has 2 N–H and O–H groups in total. The second kappa shape index (κ2) is 3.44. The predicted octanol–water partition coefficient (Wildman–Crippen LogP) is 1.18. The summed E-state index contributed by atoms with van der Waals surface area (Å²) in [5.41, 5.74) is 5.73. The Labute approximate surface area is 74.0 Å². The summed E-state index contributed by atoms with van der Waals surface area (Å²) in [6.45, 7) is 7.55. The highest BCUT2D eigenvalue weighted by Crippen LogP contribution is 2.13. The van der Waals surface area contributed by atoms with Crippen molar-refractivity contribution < 1.29 is 4.74 Å². The molecule has 3 heteroatoms. The molecule has 0 aromatic rings. The van der Waals surface area contributed by atoms with E-state index >= 15 is 0 Å². The van der Waals surface area contributed by atoms with E-state index in [-0.39, 0.29) is 5.54 Å². The molecule has 1 atom stereocenters. The molecule has 0 amide bonds. The molecule has 0 spiro atoms. The molecule has 1 rings (SSSR count). The number of ether oxygens (including phenoxy) is 1. The second-order valence-electron chi connectivity index (χ2n) is 4.07. The van der Waals surface area contributed by atoms with Gasteiger partial charge in [0.1, 0.15) is 6.61 Å². The summed E-state index contributed by atoms with van der Waals surface area (Å²) in [5, 5.41) is 0. The van der Waals surface area contributed by atoms with Crippen molar-refractivity contribution in [1.82, 2.24) is 0 Å². The van der Waals surface area contributed by atoms with Gasteiger partial charge in [-0.15, -0.1) is 0 Å². The first-order valence-corrected chi connectivity index (χ1v) is 4.47. The van der Waals surface area contributed by atoms with Crippen molar-refractivity contribution >= 4 is 5.90 Å². The Hall–Kier alpha value is -0.570. The van der Waals surface area contributed by atoms with E-state index < -0.39 is 0 Å². The van der Waals surface area contributed by atoms with Gasteiger partial charge in [0.15, 0.2) is 5.90 Å². The Morgan fingerprint density at radius 1 is 1.58 bits per heavy atom. The molecule has 0 saturated heterocycles. The molecule has 0 aromatic heterocycles. The third-order valence-electron chi connectivity index (χ3n) is 1.99. The van der Waals surface area contributed by atoms with E-state index in [4.69, 9.17) is 10.5 Å². The van der Waals surface area contributed by atoms with Gasteiger partial charge in [-0.25, -0.2) is 0 Å². The molecule has 1 aliphatic rings.